The van der Waals surface area contributed by atoms with E-state index >= 15 is 0 Å². The summed E-state index contributed by atoms with van der Waals surface area (Å²) in [6.45, 7) is 0.647. The second-order valence-corrected chi connectivity index (χ2v) is 8.55. The standard InChI is InChI=1S/C20H14N4O4S2/c25-19(13-3-1-5-27-13)21-9-17-23-11-7-16-12(8-15(11)29-17)24-18(30-16)10-22-20(26)14-4-2-6-28-14/h1-8H,9-10H2,(H,21,25)(H,22,26). The fourth-order valence-electron chi connectivity index (χ4n) is 2.90. The number of hydrogen-bond acceptors (Lipinski definition) is 8. The summed E-state index contributed by atoms with van der Waals surface area (Å²) in [4.78, 5) is 33.2. The van der Waals surface area contributed by atoms with Gasteiger partial charge in [0.25, 0.3) is 11.8 Å². The number of hydrogen-bond donors (Lipinski definition) is 2. The highest BCUT2D eigenvalue weighted by atomic mass is 32.1. The van der Waals surface area contributed by atoms with Crippen molar-refractivity contribution in [2.75, 3.05) is 0 Å². The molecule has 5 rings (SSSR count). The van der Waals surface area contributed by atoms with Crippen LogP contribution in [-0.4, -0.2) is 21.8 Å². The normalized spacial score (nSPS) is 11.2. The summed E-state index contributed by atoms with van der Waals surface area (Å²) in [5.74, 6) is -0.00808. The average Bonchev–Trinajstić information content (AvgIpc) is 3.53. The summed E-state index contributed by atoms with van der Waals surface area (Å²) in [5.41, 5.74) is 1.70. The molecule has 10 heteroatoms. The first-order valence-corrected chi connectivity index (χ1v) is 10.6. The van der Waals surface area contributed by atoms with Gasteiger partial charge in [0.2, 0.25) is 0 Å². The molecular weight excluding hydrogens is 424 g/mol. The first-order chi connectivity index (χ1) is 14.7. The molecule has 4 aromatic heterocycles. The second-order valence-electron chi connectivity index (χ2n) is 6.32. The Bertz CT molecular complexity index is 1190. The van der Waals surface area contributed by atoms with E-state index in [1.807, 2.05) is 12.1 Å². The van der Waals surface area contributed by atoms with Crippen molar-refractivity contribution in [3.05, 3.63) is 70.5 Å². The van der Waals surface area contributed by atoms with Gasteiger partial charge in [-0.25, -0.2) is 9.97 Å². The number of carbonyl (C=O) groups is 2. The van der Waals surface area contributed by atoms with Gasteiger partial charge >= 0.3 is 0 Å². The number of fused-ring (bicyclic) bond motifs is 2. The summed E-state index contributed by atoms with van der Waals surface area (Å²) in [5, 5.41) is 7.20. The maximum atomic E-state index is 12.0. The van der Waals surface area contributed by atoms with Crippen molar-refractivity contribution in [2.24, 2.45) is 0 Å². The van der Waals surface area contributed by atoms with Crippen LogP contribution in [0.3, 0.4) is 0 Å². The molecule has 0 aliphatic rings. The van der Waals surface area contributed by atoms with E-state index in [-0.39, 0.29) is 23.3 Å². The molecule has 1 aromatic carbocycles. The Morgan fingerprint density at radius 3 is 1.67 bits per heavy atom. The van der Waals surface area contributed by atoms with Gasteiger partial charge < -0.3 is 19.5 Å². The number of furan rings is 2. The molecule has 0 saturated carbocycles. The summed E-state index contributed by atoms with van der Waals surface area (Å²) >= 11 is 3.01. The summed E-state index contributed by atoms with van der Waals surface area (Å²) in [6, 6.07) is 10.5. The zero-order chi connectivity index (χ0) is 20.5. The van der Waals surface area contributed by atoms with Gasteiger partial charge in [0, 0.05) is 0 Å². The lowest BCUT2D eigenvalue weighted by molar-refractivity contribution is 0.0916. The second kappa shape index (κ2) is 7.73. The summed E-state index contributed by atoms with van der Waals surface area (Å²) in [7, 11) is 0. The highest BCUT2D eigenvalue weighted by Crippen LogP contribution is 2.30. The highest BCUT2D eigenvalue weighted by Gasteiger charge is 2.13. The van der Waals surface area contributed by atoms with Crippen molar-refractivity contribution >= 4 is 54.9 Å². The lowest BCUT2D eigenvalue weighted by Crippen LogP contribution is -2.22. The Kier molecular flexibility index (Phi) is 4.77. The first kappa shape index (κ1) is 18.5. The van der Waals surface area contributed by atoms with Gasteiger partial charge in [-0.15, -0.1) is 22.7 Å². The lowest BCUT2D eigenvalue weighted by atomic mass is 10.3. The molecule has 0 bridgehead atoms. The molecule has 0 fully saturated rings. The molecule has 0 unspecified atom stereocenters. The molecule has 150 valence electrons. The Hall–Kier alpha value is -3.50. The minimum Gasteiger partial charge on any atom is -0.459 e. The molecule has 5 aromatic rings. The van der Waals surface area contributed by atoms with E-state index in [9.17, 15) is 9.59 Å². The predicted molar refractivity (Wildman–Crippen MR) is 113 cm³/mol. The molecule has 0 saturated heterocycles. The van der Waals surface area contributed by atoms with Crippen molar-refractivity contribution in [3.8, 4) is 0 Å². The van der Waals surface area contributed by atoms with E-state index in [2.05, 4.69) is 20.6 Å². The smallest absolute Gasteiger partial charge is 0.287 e. The number of nitrogens with zero attached hydrogens (tertiary/aromatic N) is 2. The van der Waals surface area contributed by atoms with Gasteiger partial charge in [0.15, 0.2) is 11.5 Å². The Morgan fingerprint density at radius 2 is 1.27 bits per heavy atom. The van der Waals surface area contributed by atoms with Crippen LogP contribution in [0.4, 0.5) is 0 Å². The van der Waals surface area contributed by atoms with Gasteiger partial charge in [0.05, 0.1) is 46.0 Å². The lowest BCUT2D eigenvalue weighted by Gasteiger charge is -1.99. The van der Waals surface area contributed by atoms with Crippen LogP contribution in [0.25, 0.3) is 20.4 Å². The van der Waals surface area contributed by atoms with Gasteiger partial charge in [-0.1, -0.05) is 0 Å². The third-order valence-electron chi connectivity index (χ3n) is 4.28. The monoisotopic (exact) mass is 438 g/mol. The van der Waals surface area contributed by atoms with Crippen LogP contribution < -0.4 is 10.6 Å². The maximum Gasteiger partial charge on any atom is 0.287 e. The van der Waals surface area contributed by atoms with E-state index in [0.29, 0.717) is 13.1 Å². The van der Waals surface area contributed by atoms with E-state index in [0.717, 1.165) is 30.4 Å². The quantitative estimate of drug-likeness (QED) is 0.415. The molecule has 0 aliphatic carbocycles. The number of carbonyl (C=O) groups excluding carboxylic acids is 2. The SMILES string of the molecule is O=C(NCc1nc2cc3sc(CNC(=O)c4ccco4)nc3cc2s1)c1ccco1. The highest BCUT2D eigenvalue weighted by molar-refractivity contribution is 7.20. The number of nitrogens with one attached hydrogen (secondary N) is 2. The van der Waals surface area contributed by atoms with Crippen molar-refractivity contribution < 1.29 is 18.4 Å². The third-order valence-corrected chi connectivity index (χ3v) is 6.31. The van der Waals surface area contributed by atoms with Gasteiger partial charge in [-0.3, -0.25) is 9.59 Å². The molecule has 4 heterocycles. The number of aromatic nitrogens is 2. The number of amides is 2. The van der Waals surface area contributed by atoms with Crippen molar-refractivity contribution in [3.63, 3.8) is 0 Å². The molecule has 0 atom stereocenters. The third kappa shape index (κ3) is 3.70. The maximum absolute atomic E-state index is 12.0. The van der Waals surface area contributed by atoms with E-state index < -0.39 is 0 Å². The van der Waals surface area contributed by atoms with Gasteiger partial charge in [0.1, 0.15) is 10.0 Å². The van der Waals surface area contributed by atoms with E-state index in [4.69, 9.17) is 8.83 Å². The average molecular weight is 438 g/mol. The van der Waals surface area contributed by atoms with Crippen LogP contribution in [0.5, 0.6) is 0 Å². The Labute approximate surface area is 177 Å². The van der Waals surface area contributed by atoms with Crippen LogP contribution in [0.1, 0.15) is 31.1 Å². The number of rotatable bonds is 6. The van der Waals surface area contributed by atoms with Crippen LogP contribution in [0.15, 0.2) is 57.8 Å². The molecule has 2 amide bonds. The Morgan fingerprint density at radius 1 is 0.800 bits per heavy atom. The predicted octanol–water partition coefficient (Wildman–Crippen LogP) is 3.95. The van der Waals surface area contributed by atoms with Crippen LogP contribution >= 0.6 is 22.7 Å². The topological polar surface area (TPSA) is 110 Å². The number of thiazole rings is 2. The molecule has 8 nitrogen and oxygen atoms in total. The van der Waals surface area contributed by atoms with Crippen molar-refractivity contribution in [1.82, 2.24) is 20.6 Å². The molecule has 0 aliphatic heterocycles. The first-order valence-electron chi connectivity index (χ1n) is 8.98. The zero-order valence-corrected chi connectivity index (χ0v) is 17.0. The largest absolute Gasteiger partial charge is 0.459 e. The molecular formula is C20H14N4O4S2. The van der Waals surface area contributed by atoms with Crippen LogP contribution in [0.2, 0.25) is 0 Å². The molecule has 2 N–H and O–H groups in total. The summed E-state index contributed by atoms with van der Waals surface area (Å²) < 4.78 is 12.1. The zero-order valence-electron chi connectivity index (χ0n) is 15.4. The molecule has 0 radical (unpaired) electrons. The number of benzene rings is 1. The molecule has 0 spiro atoms. The van der Waals surface area contributed by atoms with E-state index in [1.54, 1.807) is 24.3 Å². The van der Waals surface area contributed by atoms with Crippen LogP contribution in [0, 0.1) is 0 Å². The fraction of sp³-hybridized carbons (Fsp3) is 0.100. The molecule has 30 heavy (non-hydrogen) atoms. The van der Waals surface area contributed by atoms with E-state index in [1.165, 1.54) is 35.2 Å². The van der Waals surface area contributed by atoms with Gasteiger partial charge in [-0.2, -0.15) is 0 Å². The minimum atomic E-state index is -0.275. The van der Waals surface area contributed by atoms with Crippen LogP contribution in [-0.2, 0) is 13.1 Å². The fourth-order valence-corrected chi connectivity index (χ4v) is 4.74. The van der Waals surface area contributed by atoms with Crippen molar-refractivity contribution in [1.29, 1.82) is 0 Å². The van der Waals surface area contributed by atoms with Crippen molar-refractivity contribution in [2.45, 2.75) is 13.1 Å². The van der Waals surface area contributed by atoms with Gasteiger partial charge in [-0.05, 0) is 36.4 Å². The Balaban J connectivity index is 1.28. The summed E-state index contributed by atoms with van der Waals surface area (Å²) in [6.07, 6.45) is 2.92. The minimum absolute atomic E-state index is 0.271.